The van der Waals surface area contributed by atoms with Crippen LogP contribution in [0.3, 0.4) is 0 Å². The van der Waals surface area contributed by atoms with Gasteiger partial charge < -0.3 is 5.73 Å². The topological polar surface area (TPSA) is 38.9 Å². The summed E-state index contributed by atoms with van der Waals surface area (Å²) >= 11 is 0. The van der Waals surface area contributed by atoms with Gasteiger partial charge in [0, 0.05) is 5.39 Å². The fourth-order valence-corrected chi connectivity index (χ4v) is 1.72. The van der Waals surface area contributed by atoms with Gasteiger partial charge in [0.25, 0.3) is 0 Å². The van der Waals surface area contributed by atoms with E-state index in [1.807, 2.05) is 18.2 Å². The van der Waals surface area contributed by atoms with Gasteiger partial charge in [0.15, 0.2) is 0 Å². The molecule has 72 valence electrons. The van der Waals surface area contributed by atoms with Crippen LogP contribution in [0.2, 0.25) is 0 Å². The van der Waals surface area contributed by atoms with Gasteiger partial charge in [-0.1, -0.05) is 37.6 Å². The molecule has 0 fully saturated rings. The molecule has 0 aliphatic rings. The Balaban J connectivity index is 2.67. The maximum Gasteiger partial charge on any atom is 0.124 e. The predicted octanol–water partition coefficient (Wildman–Crippen LogP) is 2.77. The number of fused-ring (bicyclic) bond motifs is 1. The SMILES string of the molecule is CCCc1nc(N)cc2ccccc12. The van der Waals surface area contributed by atoms with Gasteiger partial charge in [-0.2, -0.15) is 0 Å². The van der Waals surface area contributed by atoms with Crippen LogP contribution in [-0.4, -0.2) is 4.98 Å². The number of hydrogen-bond acceptors (Lipinski definition) is 2. The lowest BCUT2D eigenvalue weighted by molar-refractivity contribution is 0.895. The van der Waals surface area contributed by atoms with Crippen LogP contribution in [0.5, 0.6) is 0 Å². The number of nitrogens with two attached hydrogens (primary N) is 1. The van der Waals surface area contributed by atoms with Crippen molar-refractivity contribution in [2.24, 2.45) is 0 Å². The molecular weight excluding hydrogens is 172 g/mol. The molecule has 0 aliphatic heterocycles. The molecule has 0 spiro atoms. The van der Waals surface area contributed by atoms with Crippen molar-refractivity contribution in [3.8, 4) is 0 Å². The molecule has 2 heteroatoms. The first-order chi connectivity index (χ1) is 6.81. The van der Waals surface area contributed by atoms with Crippen LogP contribution in [0, 0.1) is 0 Å². The third kappa shape index (κ3) is 1.55. The molecule has 2 N–H and O–H groups in total. The number of rotatable bonds is 2. The molecule has 2 rings (SSSR count). The Morgan fingerprint density at radius 2 is 2.07 bits per heavy atom. The molecule has 2 nitrogen and oxygen atoms in total. The van der Waals surface area contributed by atoms with Crippen molar-refractivity contribution in [3.63, 3.8) is 0 Å². The zero-order valence-electron chi connectivity index (χ0n) is 8.33. The van der Waals surface area contributed by atoms with Crippen LogP contribution < -0.4 is 5.73 Å². The van der Waals surface area contributed by atoms with E-state index in [4.69, 9.17) is 5.73 Å². The number of aryl methyl sites for hydroxylation is 1. The van der Waals surface area contributed by atoms with Gasteiger partial charge in [-0.15, -0.1) is 0 Å². The molecule has 1 aromatic carbocycles. The summed E-state index contributed by atoms with van der Waals surface area (Å²) in [6.07, 6.45) is 2.09. The number of nitrogen functional groups attached to an aromatic ring is 1. The molecule has 0 radical (unpaired) electrons. The van der Waals surface area contributed by atoms with Crippen molar-refractivity contribution < 1.29 is 0 Å². The highest BCUT2D eigenvalue weighted by Gasteiger charge is 2.02. The maximum atomic E-state index is 5.74. The minimum atomic E-state index is 0.618. The van der Waals surface area contributed by atoms with E-state index < -0.39 is 0 Å². The van der Waals surface area contributed by atoms with Gasteiger partial charge >= 0.3 is 0 Å². The molecule has 1 aromatic heterocycles. The van der Waals surface area contributed by atoms with Gasteiger partial charge in [0.1, 0.15) is 5.82 Å². The Labute approximate surface area is 83.8 Å². The number of nitrogens with zero attached hydrogens (tertiary/aromatic N) is 1. The molecule has 0 amide bonds. The highest BCUT2D eigenvalue weighted by Crippen LogP contribution is 2.20. The van der Waals surface area contributed by atoms with Crippen LogP contribution in [0.15, 0.2) is 30.3 Å². The van der Waals surface area contributed by atoms with E-state index in [2.05, 4.69) is 24.0 Å². The summed E-state index contributed by atoms with van der Waals surface area (Å²) in [6.45, 7) is 2.15. The highest BCUT2D eigenvalue weighted by atomic mass is 14.8. The molecule has 0 saturated carbocycles. The Bertz CT molecular complexity index is 449. The van der Waals surface area contributed by atoms with E-state index in [0.29, 0.717) is 5.82 Å². The van der Waals surface area contributed by atoms with Crippen LogP contribution >= 0.6 is 0 Å². The van der Waals surface area contributed by atoms with Crippen LogP contribution in [0.4, 0.5) is 5.82 Å². The summed E-state index contributed by atoms with van der Waals surface area (Å²) in [7, 11) is 0. The molecular formula is C12H14N2. The van der Waals surface area contributed by atoms with Crippen molar-refractivity contribution in [3.05, 3.63) is 36.0 Å². The zero-order valence-corrected chi connectivity index (χ0v) is 8.33. The van der Waals surface area contributed by atoms with Gasteiger partial charge in [0.05, 0.1) is 5.69 Å². The number of aromatic nitrogens is 1. The van der Waals surface area contributed by atoms with Gasteiger partial charge in [-0.05, 0) is 17.9 Å². The number of pyridine rings is 1. The van der Waals surface area contributed by atoms with Crippen molar-refractivity contribution in [1.29, 1.82) is 0 Å². The van der Waals surface area contributed by atoms with Crippen molar-refractivity contribution in [2.75, 3.05) is 5.73 Å². The first kappa shape index (κ1) is 9.00. The van der Waals surface area contributed by atoms with E-state index in [-0.39, 0.29) is 0 Å². The van der Waals surface area contributed by atoms with Crippen LogP contribution in [0.25, 0.3) is 10.8 Å². The Kier molecular flexibility index (Phi) is 2.35. The molecule has 14 heavy (non-hydrogen) atoms. The molecule has 0 unspecified atom stereocenters. The second kappa shape index (κ2) is 3.66. The number of hydrogen-bond donors (Lipinski definition) is 1. The summed E-state index contributed by atoms with van der Waals surface area (Å²) in [5.74, 6) is 0.618. The molecule has 0 atom stereocenters. The van der Waals surface area contributed by atoms with E-state index >= 15 is 0 Å². The Morgan fingerprint density at radius 1 is 1.29 bits per heavy atom. The lowest BCUT2D eigenvalue weighted by Crippen LogP contribution is -1.96. The van der Waals surface area contributed by atoms with E-state index in [0.717, 1.165) is 18.5 Å². The highest BCUT2D eigenvalue weighted by molar-refractivity contribution is 5.86. The Hall–Kier alpha value is -1.57. The van der Waals surface area contributed by atoms with Crippen LogP contribution in [-0.2, 0) is 6.42 Å². The number of anilines is 1. The molecule has 2 aromatic rings. The summed E-state index contributed by atoms with van der Waals surface area (Å²) in [5.41, 5.74) is 6.86. The average molecular weight is 186 g/mol. The lowest BCUT2D eigenvalue weighted by Gasteiger charge is -2.05. The summed E-state index contributed by atoms with van der Waals surface area (Å²) in [6, 6.07) is 10.2. The van der Waals surface area contributed by atoms with E-state index in [1.165, 1.54) is 10.8 Å². The fourth-order valence-electron chi connectivity index (χ4n) is 1.72. The minimum Gasteiger partial charge on any atom is -0.384 e. The van der Waals surface area contributed by atoms with Crippen molar-refractivity contribution >= 4 is 16.6 Å². The minimum absolute atomic E-state index is 0.618. The number of benzene rings is 1. The largest absolute Gasteiger partial charge is 0.384 e. The first-order valence-electron chi connectivity index (χ1n) is 4.95. The second-order valence-electron chi connectivity index (χ2n) is 3.46. The summed E-state index contributed by atoms with van der Waals surface area (Å²) in [4.78, 5) is 4.37. The first-order valence-corrected chi connectivity index (χ1v) is 4.95. The monoisotopic (exact) mass is 186 g/mol. The lowest BCUT2D eigenvalue weighted by atomic mass is 10.1. The molecule has 0 saturated heterocycles. The molecule has 0 bridgehead atoms. The molecule has 1 heterocycles. The molecule has 0 aliphatic carbocycles. The quantitative estimate of drug-likeness (QED) is 0.783. The van der Waals surface area contributed by atoms with Gasteiger partial charge in [-0.3, -0.25) is 0 Å². The normalized spacial score (nSPS) is 10.6. The predicted molar refractivity (Wildman–Crippen MR) is 60.2 cm³/mol. The maximum absolute atomic E-state index is 5.74. The van der Waals surface area contributed by atoms with E-state index in [9.17, 15) is 0 Å². The second-order valence-corrected chi connectivity index (χ2v) is 3.46. The third-order valence-electron chi connectivity index (χ3n) is 2.33. The van der Waals surface area contributed by atoms with E-state index in [1.54, 1.807) is 0 Å². The van der Waals surface area contributed by atoms with Crippen molar-refractivity contribution in [1.82, 2.24) is 4.98 Å². The van der Waals surface area contributed by atoms with Crippen LogP contribution in [0.1, 0.15) is 19.0 Å². The third-order valence-corrected chi connectivity index (χ3v) is 2.33. The standard InChI is InChI=1S/C12H14N2/c1-2-5-11-10-7-4-3-6-9(10)8-12(13)14-11/h3-4,6-8H,2,5H2,1H3,(H2,13,14). The smallest absolute Gasteiger partial charge is 0.124 e. The summed E-state index contributed by atoms with van der Waals surface area (Å²) < 4.78 is 0. The van der Waals surface area contributed by atoms with Gasteiger partial charge in [0.2, 0.25) is 0 Å². The van der Waals surface area contributed by atoms with Crippen molar-refractivity contribution in [2.45, 2.75) is 19.8 Å². The average Bonchev–Trinajstić information content (AvgIpc) is 2.18. The zero-order chi connectivity index (χ0) is 9.97. The fraction of sp³-hybridized carbons (Fsp3) is 0.250. The Morgan fingerprint density at radius 3 is 2.86 bits per heavy atom. The summed E-state index contributed by atoms with van der Waals surface area (Å²) in [5, 5.41) is 2.41. The van der Waals surface area contributed by atoms with Gasteiger partial charge in [-0.25, -0.2) is 4.98 Å².